The van der Waals surface area contributed by atoms with Gasteiger partial charge in [0.15, 0.2) is 5.71 Å². The molecule has 0 aliphatic carbocycles. The average molecular weight is 375 g/mol. The number of oxime groups is 1. The van der Waals surface area contributed by atoms with Crippen LogP contribution in [0.3, 0.4) is 0 Å². The van der Waals surface area contributed by atoms with Crippen molar-refractivity contribution in [2.45, 2.75) is 19.1 Å². The lowest BCUT2D eigenvalue weighted by Crippen LogP contribution is -2.28. The number of carbonyl (C=O) groups excluding carboxylic acids is 1. The van der Waals surface area contributed by atoms with E-state index < -0.39 is 17.6 Å². The van der Waals surface area contributed by atoms with Gasteiger partial charge in [-0.3, -0.25) is 4.79 Å². The van der Waals surface area contributed by atoms with Crippen LogP contribution in [0, 0.1) is 0 Å². The third-order valence-corrected chi connectivity index (χ3v) is 5.05. The van der Waals surface area contributed by atoms with E-state index in [1.54, 1.807) is 6.07 Å². The maximum Gasteiger partial charge on any atom is 0.417 e. The van der Waals surface area contributed by atoms with Gasteiger partial charge >= 0.3 is 6.18 Å². The molecule has 1 amide bonds. The largest absolute Gasteiger partial charge is 0.417 e. The van der Waals surface area contributed by atoms with Crippen molar-refractivity contribution in [1.29, 1.82) is 0 Å². The maximum atomic E-state index is 13.6. The van der Waals surface area contributed by atoms with Crippen molar-refractivity contribution in [3.05, 3.63) is 52.6 Å². The Hall–Kier alpha value is -2.87. The Kier molecular flexibility index (Phi) is 3.96. The summed E-state index contributed by atoms with van der Waals surface area (Å²) in [5, 5.41) is 15.0. The van der Waals surface area contributed by atoms with Gasteiger partial charge in [0, 0.05) is 18.7 Å². The second-order valence-corrected chi connectivity index (χ2v) is 6.74. The van der Waals surface area contributed by atoms with Crippen molar-refractivity contribution in [2.24, 2.45) is 5.16 Å². The fraction of sp³-hybridized carbons (Fsp3) is 0.263. The maximum absolute atomic E-state index is 13.6. The molecule has 8 heteroatoms. The van der Waals surface area contributed by atoms with Crippen LogP contribution in [0.15, 0.2) is 35.5 Å². The summed E-state index contributed by atoms with van der Waals surface area (Å²) in [6.07, 6.45) is -3.95. The van der Waals surface area contributed by atoms with Gasteiger partial charge in [0.1, 0.15) is 0 Å². The van der Waals surface area contributed by atoms with Crippen LogP contribution in [0.25, 0.3) is 11.1 Å². The first-order valence-electron chi connectivity index (χ1n) is 8.39. The molecular weight excluding hydrogens is 359 g/mol. The molecule has 2 aromatic rings. The molecule has 2 aromatic carbocycles. The molecule has 5 nitrogen and oxygen atoms in total. The lowest BCUT2D eigenvalue weighted by atomic mass is 9.85. The molecule has 0 aromatic heterocycles. The van der Waals surface area contributed by atoms with Gasteiger partial charge in [0.25, 0.3) is 5.91 Å². The highest BCUT2D eigenvalue weighted by molar-refractivity contribution is 6.54. The predicted molar refractivity (Wildman–Crippen MR) is 93.9 cm³/mol. The van der Waals surface area contributed by atoms with Gasteiger partial charge in [-0.25, -0.2) is 0 Å². The number of amides is 1. The Morgan fingerprint density at radius 2 is 1.89 bits per heavy atom. The van der Waals surface area contributed by atoms with Crippen LogP contribution in [-0.4, -0.2) is 35.3 Å². The highest BCUT2D eigenvalue weighted by atomic mass is 19.4. The van der Waals surface area contributed by atoms with Crippen LogP contribution in [0.2, 0.25) is 0 Å². The van der Waals surface area contributed by atoms with Crippen molar-refractivity contribution in [3.63, 3.8) is 0 Å². The SMILES string of the molecule is CN1CCc2c(-c3ccccc3C(F)(F)F)cc3c(c2C1)NC(=O)/C3=N/O. The number of benzene rings is 2. The second kappa shape index (κ2) is 6.09. The van der Waals surface area contributed by atoms with Crippen molar-refractivity contribution >= 4 is 17.3 Å². The molecule has 4 rings (SSSR count). The molecule has 2 aliphatic heterocycles. The molecule has 2 heterocycles. The van der Waals surface area contributed by atoms with Crippen molar-refractivity contribution in [3.8, 4) is 11.1 Å². The summed E-state index contributed by atoms with van der Waals surface area (Å²) in [5.41, 5.74) is 1.94. The number of hydrogen-bond donors (Lipinski definition) is 2. The van der Waals surface area contributed by atoms with Crippen LogP contribution in [0.1, 0.15) is 22.3 Å². The monoisotopic (exact) mass is 375 g/mol. The van der Waals surface area contributed by atoms with Gasteiger partial charge in [-0.15, -0.1) is 0 Å². The van der Waals surface area contributed by atoms with Gasteiger partial charge < -0.3 is 15.4 Å². The summed E-state index contributed by atoms with van der Waals surface area (Å²) in [4.78, 5) is 14.1. The van der Waals surface area contributed by atoms with E-state index in [9.17, 15) is 23.2 Å². The molecule has 0 saturated heterocycles. The third-order valence-electron chi connectivity index (χ3n) is 5.05. The number of hydrogen-bond acceptors (Lipinski definition) is 4. The van der Waals surface area contributed by atoms with E-state index in [2.05, 4.69) is 10.5 Å². The van der Waals surface area contributed by atoms with Gasteiger partial charge in [-0.05, 0) is 47.9 Å². The highest BCUT2D eigenvalue weighted by Crippen LogP contribution is 2.43. The lowest BCUT2D eigenvalue weighted by Gasteiger charge is -2.29. The zero-order valence-corrected chi connectivity index (χ0v) is 14.4. The minimum Gasteiger partial charge on any atom is -0.410 e. The summed E-state index contributed by atoms with van der Waals surface area (Å²) in [7, 11) is 1.91. The molecule has 140 valence electrons. The average Bonchev–Trinajstić information content (AvgIpc) is 2.95. The summed E-state index contributed by atoms with van der Waals surface area (Å²) < 4.78 is 40.7. The number of fused-ring (bicyclic) bond motifs is 3. The summed E-state index contributed by atoms with van der Waals surface area (Å²) in [6, 6.07) is 6.92. The Morgan fingerprint density at radius 3 is 2.59 bits per heavy atom. The molecule has 2 N–H and O–H groups in total. The number of halogens is 3. The Labute approximate surface area is 153 Å². The Bertz CT molecular complexity index is 983. The quantitative estimate of drug-likeness (QED) is 0.592. The summed E-state index contributed by atoms with van der Waals surface area (Å²) in [5.74, 6) is -0.566. The molecule has 0 fully saturated rings. The highest BCUT2D eigenvalue weighted by Gasteiger charge is 2.37. The van der Waals surface area contributed by atoms with Gasteiger partial charge in [-0.1, -0.05) is 23.4 Å². The number of nitrogens with zero attached hydrogens (tertiary/aromatic N) is 2. The molecular formula is C19H16F3N3O2. The third kappa shape index (κ3) is 2.76. The first kappa shape index (κ1) is 17.5. The van der Waals surface area contributed by atoms with E-state index in [1.807, 2.05) is 11.9 Å². The summed E-state index contributed by atoms with van der Waals surface area (Å²) in [6.45, 7) is 1.18. The molecule has 0 atom stereocenters. The second-order valence-electron chi connectivity index (χ2n) is 6.74. The van der Waals surface area contributed by atoms with Crippen molar-refractivity contribution in [1.82, 2.24) is 4.90 Å². The molecule has 27 heavy (non-hydrogen) atoms. The van der Waals surface area contributed by atoms with Crippen LogP contribution in [0.4, 0.5) is 18.9 Å². The smallest absolute Gasteiger partial charge is 0.410 e. The Morgan fingerprint density at radius 1 is 1.15 bits per heavy atom. The van der Waals surface area contributed by atoms with Crippen LogP contribution in [0.5, 0.6) is 0 Å². The standard InChI is InChI=1S/C19H16F3N3O2/c1-25-7-6-10-12(11-4-2-3-5-15(11)19(20,21)22)8-13-16(14(10)9-25)23-18(26)17(13)24-27/h2-5,8,27H,6-7,9H2,1H3,(H,23,24,26). The lowest BCUT2D eigenvalue weighted by molar-refractivity contribution is -0.137. The number of rotatable bonds is 1. The van der Waals surface area contributed by atoms with Crippen molar-refractivity contribution in [2.75, 3.05) is 18.9 Å². The number of carbonyl (C=O) groups is 1. The Balaban J connectivity index is 2.03. The zero-order chi connectivity index (χ0) is 19.3. The molecule has 0 spiro atoms. The van der Waals surface area contributed by atoms with Crippen LogP contribution < -0.4 is 5.32 Å². The summed E-state index contributed by atoms with van der Waals surface area (Å²) >= 11 is 0. The fourth-order valence-electron chi connectivity index (χ4n) is 3.82. The van der Waals surface area contributed by atoms with E-state index >= 15 is 0 Å². The number of alkyl halides is 3. The van der Waals surface area contributed by atoms with E-state index in [1.165, 1.54) is 18.2 Å². The predicted octanol–water partition coefficient (Wildman–Crippen LogP) is 3.49. The van der Waals surface area contributed by atoms with E-state index in [0.717, 1.165) is 17.2 Å². The normalized spacial score (nSPS) is 18.4. The minimum absolute atomic E-state index is 0.0604. The van der Waals surface area contributed by atoms with E-state index in [-0.39, 0.29) is 11.3 Å². The number of likely N-dealkylation sites (N-methyl/N-ethyl adjacent to an activating group) is 1. The molecule has 0 radical (unpaired) electrons. The minimum atomic E-state index is -4.50. The number of nitrogens with one attached hydrogen (secondary N) is 1. The zero-order valence-electron chi connectivity index (χ0n) is 14.4. The van der Waals surface area contributed by atoms with Crippen molar-refractivity contribution < 1.29 is 23.2 Å². The van der Waals surface area contributed by atoms with Crippen LogP contribution in [-0.2, 0) is 23.9 Å². The van der Waals surface area contributed by atoms with Crippen LogP contribution >= 0.6 is 0 Å². The van der Waals surface area contributed by atoms with E-state index in [0.29, 0.717) is 36.3 Å². The first-order chi connectivity index (χ1) is 12.8. The van der Waals surface area contributed by atoms with E-state index in [4.69, 9.17) is 0 Å². The molecule has 2 aliphatic rings. The van der Waals surface area contributed by atoms with Gasteiger partial charge in [0.05, 0.1) is 11.3 Å². The topological polar surface area (TPSA) is 64.9 Å². The van der Waals surface area contributed by atoms with Gasteiger partial charge in [0.2, 0.25) is 0 Å². The fourth-order valence-corrected chi connectivity index (χ4v) is 3.82. The number of anilines is 1. The molecule has 0 saturated carbocycles. The molecule has 0 bridgehead atoms. The molecule has 0 unspecified atom stereocenters. The van der Waals surface area contributed by atoms with Gasteiger partial charge in [-0.2, -0.15) is 13.2 Å². The first-order valence-corrected chi connectivity index (χ1v) is 8.39.